The number of hydrogen-bond acceptors (Lipinski definition) is 1. The molecule has 0 spiro atoms. The van der Waals surface area contributed by atoms with E-state index < -0.39 is 11.7 Å². The highest BCUT2D eigenvalue weighted by atomic mass is 35.5. The van der Waals surface area contributed by atoms with Gasteiger partial charge in [0.2, 0.25) is 0 Å². The van der Waals surface area contributed by atoms with E-state index in [1.807, 2.05) is 47.6 Å². The number of aromatic amines is 1. The highest BCUT2D eigenvalue weighted by Gasteiger charge is 2.29. The summed E-state index contributed by atoms with van der Waals surface area (Å²) in [7, 11) is 0. The van der Waals surface area contributed by atoms with Crippen LogP contribution in [0, 0.1) is 5.82 Å². The minimum atomic E-state index is -4.36. The lowest BCUT2D eigenvalue weighted by Gasteiger charge is -2.15. The summed E-state index contributed by atoms with van der Waals surface area (Å²) in [5, 5.41) is 0.835. The Hall–Kier alpha value is -2.86. The Morgan fingerprint density at radius 2 is 1.64 bits per heavy atom. The molecule has 0 aliphatic heterocycles. The van der Waals surface area contributed by atoms with Crippen molar-refractivity contribution in [3.05, 3.63) is 94.1 Å². The number of allylic oxidation sites excluding steroid dienone is 8. The Kier molecular flexibility index (Phi) is 24.0. The molecule has 0 radical (unpaired) electrons. The number of nitrogens with one attached hydrogen (secondary N) is 1. The Morgan fingerprint density at radius 3 is 2.16 bits per heavy atom. The van der Waals surface area contributed by atoms with E-state index in [1.165, 1.54) is 11.1 Å². The van der Waals surface area contributed by atoms with Gasteiger partial charge in [-0.25, -0.2) is 4.39 Å². The number of aliphatic imine (C=N–C) groups is 1. The van der Waals surface area contributed by atoms with Crippen LogP contribution < -0.4 is 0 Å². The van der Waals surface area contributed by atoms with Crippen molar-refractivity contribution in [3.8, 4) is 0 Å². The van der Waals surface area contributed by atoms with Gasteiger partial charge in [-0.05, 0) is 75.8 Å². The zero-order valence-electron chi connectivity index (χ0n) is 29.5. The third kappa shape index (κ3) is 15.8. The third-order valence-electron chi connectivity index (χ3n) is 6.73. The molecule has 2 rings (SSSR count). The smallest absolute Gasteiger partial charge is 0.358 e. The molecule has 45 heavy (non-hydrogen) atoms. The van der Waals surface area contributed by atoms with Gasteiger partial charge < -0.3 is 4.98 Å². The minimum Gasteiger partial charge on any atom is -0.358 e. The van der Waals surface area contributed by atoms with Crippen LogP contribution in [0.15, 0.2) is 77.0 Å². The van der Waals surface area contributed by atoms with Gasteiger partial charge in [0, 0.05) is 40.0 Å². The van der Waals surface area contributed by atoms with E-state index in [1.54, 1.807) is 13.0 Å². The Morgan fingerprint density at radius 1 is 1.02 bits per heavy atom. The topological polar surface area (TPSA) is 28.1 Å². The maximum atomic E-state index is 14.8. The molecule has 0 aliphatic carbocycles. The van der Waals surface area contributed by atoms with Crippen molar-refractivity contribution in [2.24, 2.45) is 4.99 Å². The Balaban J connectivity index is 0. The van der Waals surface area contributed by atoms with Crippen LogP contribution in [0.1, 0.15) is 125 Å². The van der Waals surface area contributed by atoms with Crippen molar-refractivity contribution in [1.82, 2.24) is 4.98 Å². The number of rotatable bonds is 12. The van der Waals surface area contributed by atoms with Crippen molar-refractivity contribution < 1.29 is 17.6 Å². The number of nitrogens with zero attached hydrogens (tertiary/aromatic N) is 1. The molecule has 1 atom stereocenters. The van der Waals surface area contributed by atoms with Crippen LogP contribution in [0.2, 0.25) is 5.02 Å². The average molecular weight is 653 g/mol. The predicted octanol–water partition coefficient (Wildman–Crippen LogP) is 14.2. The molecule has 0 fully saturated rings. The molecular weight excluding hydrogens is 596 g/mol. The molecule has 1 aromatic carbocycles. The molecule has 2 aromatic rings. The van der Waals surface area contributed by atoms with Gasteiger partial charge in [-0.1, -0.05) is 116 Å². The number of H-pyrrole nitrogens is 1. The summed E-state index contributed by atoms with van der Waals surface area (Å²) in [5.41, 5.74) is 5.46. The molecular formula is C38H57ClF4N2. The summed E-state index contributed by atoms with van der Waals surface area (Å²) in [4.78, 5) is 7.33. The molecule has 0 saturated heterocycles. The number of benzene rings is 1. The number of unbranched alkanes of at least 4 members (excludes halogenated alkanes) is 1. The van der Waals surface area contributed by atoms with Crippen molar-refractivity contribution >= 4 is 28.2 Å². The summed E-state index contributed by atoms with van der Waals surface area (Å²) in [6.45, 7) is 25.3. The predicted molar refractivity (Wildman–Crippen MR) is 192 cm³/mol. The summed E-state index contributed by atoms with van der Waals surface area (Å²) in [6.07, 6.45) is 11.9. The average Bonchev–Trinajstić information content (AvgIpc) is 3.40. The fourth-order valence-electron chi connectivity index (χ4n) is 4.12. The fraction of sp³-hybridized carbons (Fsp3) is 0.500. The SMILES string of the molecule is C=C(/C=C\N=C(C)CCC)C(F)(F)F.CC.CC.C\C=C/C(=C\C=C(/C)CC)C(C)c1[nH]c2ccc(Cl)c(F)c2c1CCCC. The molecule has 7 heteroatoms. The summed E-state index contributed by atoms with van der Waals surface area (Å²) in [5.74, 6) is -0.173. The van der Waals surface area contributed by atoms with Crippen LogP contribution in [0.5, 0.6) is 0 Å². The standard InChI is InChI=1S/C24H31ClFN.C10H14F3N.2C2H6/c1-6-9-11-19-22-21(15-14-20(25)23(22)26)27-24(19)17(5)18(10-7-2)13-12-16(4)8-3;1-4-5-9(3)14-7-6-8(2)10(11,12)13;2*1-2/h7,10,12-15,17,27H,6,8-9,11H2,1-5H3;6-7H,2,4-5H2,1,3H3;2*1-2H3/b10-7-,16-12+,18-13+;7-6-,14-9?;;. The molecule has 1 heterocycles. The van der Waals surface area contributed by atoms with E-state index in [9.17, 15) is 17.6 Å². The zero-order chi connectivity index (χ0) is 35.2. The van der Waals surface area contributed by atoms with E-state index in [2.05, 4.69) is 68.6 Å². The molecule has 0 saturated carbocycles. The van der Waals surface area contributed by atoms with Crippen LogP contribution in [-0.4, -0.2) is 16.9 Å². The normalized spacial score (nSPS) is 13.2. The maximum absolute atomic E-state index is 14.8. The molecule has 1 aromatic heterocycles. The van der Waals surface area contributed by atoms with Crippen LogP contribution >= 0.6 is 11.6 Å². The van der Waals surface area contributed by atoms with Crippen LogP contribution in [0.25, 0.3) is 10.9 Å². The van der Waals surface area contributed by atoms with Crippen LogP contribution in [0.3, 0.4) is 0 Å². The van der Waals surface area contributed by atoms with Crippen LogP contribution in [-0.2, 0) is 6.42 Å². The first kappa shape index (κ1) is 44.3. The lowest BCUT2D eigenvalue weighted by Crippen LogP contribution is -2.08. The molecule has 1 N–H and O–H groups in total. The first-order chi connectivity index (χ1) is 21.3. The highest BCUT2D eigenvalue weighted by Crippen LogP contribution is 2.36. The van der Waals surface area contributed by atoms with Crippen molar-refractivity contribution in [3.63, 3.8) is 0 Å². The summed E-state index contributed by atoms with van der Waals surface area (Å²) in [6, 6.07) is 3.51. The van der Waals surface area contributed by atoms with E-state index in [4.69, 9.17) is 11.6 Å². The van der Waals surface area contributed by atoms with Gasteiger partial charge in [0.15, 0.2) is 5.82 Å². The lowest BCUT2D eigenvalue weighted by atomic mass is 9.91. The second-order valence-electron chi connectivity index (χ2n) is 10.1. The van der Waals surface area contributed by atoms with Gasteiger partial charge in [0.25, 0.3) is 0 Å². The van der Waals surface area contributed by atoms with E-state index in [-0.39, 0.29) is 16.8 Å². The largest absolute Gasteiger partial charge is 0.415 e. The molecule has 0 bridgehead atoms. The number of hydrogen-bond donors (Lipinski definition) is 1. The van der Waals surface area contributed by atoms with Crippen molar-refractivity contribution in [2.75, 3.05) is 0 Å². The van der Waals surface area contributed by atoms with Gasteiger partial charge >= 0.3 is 6.18 Å². The second-order valence-corrected chi connectivity index (χ2v) is 10.5. The van der Waals surface area contributed by atoms with Crippen molar-refractivity contribution in [2.45, 2.75) is 127 Å². The number of fused-ring (bicyclic) bond motifs is 1. The number of aryl methyl sites for hydroxylation is 1. The second kappa shape index (κ2) is 24.4. The quantitative estimate of drug-likeness (QED) is 0.134. The van der Waals surface area contributed by atoms with Crippen molar-refractivity contribution in [1.29, 1.82) is 0 Å². The third-order valence-corrected chi connectivity index (χ3v) is 7.02. The van der Waals surface area contributed by atoms with E-state index >= 15 is 0 Å². The summed E-state index contributed by atoms with van der Waals surface area (Å²) >= 11 is 6.08. The van der Waals surface area contributed by atoms with Gasteiger partial charge in [-0.2, -0.15) is 13.2 Å². The number of alkyl halides is 3. The van der Waals surface area contributed by atoms with E-state index in [0.717, 1.165) is 73.3 Å². The number of halogens is 5. The number of aromatic nitrogens is 1. The van der Waals surface area contributed by atoms with Crippen LogP contribution in [0.4, 0.5) is 17.6 Å². The molecule has 0 amide bonds. The summed E-state index contributed by atoms with van der Waals surface area (Å²) < 4.78 is 50.6. The molecule has 2 nitrogen and oxygen atoms in total. The first-order valence-corrected chi connectivity index (χ1v) is 16.6. The lowest BCUT2D eigenvalue weighted by molar-refractivity contribution is -0.0878. The Bertz CT molecular complexity index is 1290. The monoisotopic (exact) mass is 652 g/mol. The van der Waals surface area contributed by atoms with Gasteiger partial charge in [-0.3, -0.25) is 4.99 Å². The maximum Gasteiger partial charge on any atom is 0.415 e. The van der Waals surface area contributed by atoms with Gasteiger partial charge in [0.1, 0.15) is 0 Å². The molecule has 0 aliphatic rings. The van der Waals surface area contributed by atoms with Gasteiger partial charge in [-0.15, -0.1) is 0 Å². The first-order valence-electron chi connectivity index (χ1n) is 16.3. The minimum absolute atomic E-state index is 0.138. The fourth-order valence-corrected chi connectivity index (χ4v) is 4.28. The Labute approximate surface area is 276 Å². The zero-order valence-corrected chi connectivity index (χ0v) is 30.2. The molecule has 254 valence electrons. The van der Waals surface area contributed by atoms with E-state index in [0.29, 0.717) is 5.39 Å². The highest BCUT2D eigenvalue weighted by molar-refractivity contribution is 6.31. The molecule has 1 unspecified atom stereocenters. The van der Waals surface area contributed by atoms with Gasteiger partial charge in [0.05, 0.1) is 5.02 Å².